The van der Waals surface area contributed by atoms with Gasteiger partial charge in [-0.2, -0.15) is 0 Å². The number of ketones is 1. The minimum absolute atomic E-state index is 0. The highest BCUT2D eigenvalue weighted by atomic mass is 16.1. The smallest absolute Gasteiger partial charge is 0.217 e. The van der Waals surface area contributed by atoms with Crippen LogP contribution in [0.3, 0.4) is 0 Å². The van der Waals surface area contributed by atoms with Crippen molar-refractivity contribution in [1.29, 1.82) is 0 Å². The third kappa shape index (κ3) is 5.12. The van der Waals surface area contributed by atoms with Gasteiger partial charge in [0.2, 0.25) is 5.91 Å². The van der Waals surface area contributed by atoms with Gasteiger partial charge in [0.1, 0.15) is 5.78 Å². The summed E-state index contributed by atoms with van der Waals surface area (Å²) in [6.45, 7) is 11.8. The molecule has 0 bridgehead atoms. The summed E-state index contributed by atoms with van der Waals surface area (Å²) in [6.07, 6.45) is 6.12. The molecule has 0 heterocycles. The molecule has 0 saturated carbocycles. The third-order valence-corrected chi connectivity index (χ3v) is 4.75. The zero-order chi connectivity index (χ0) is 15.8. The molecule has 0 aromatic carbocycles. The highest BCUT2D eigenvalue weighted by molar-refractivity contribution is 5.87. The Morgan fingerprint density at radius 1 is 1.00 bits per heavy atom. The van der Waals surface area contributed by atoms with Gasteiger partial charge in [-0.1, -0.05) is 61.3 Å². The lowest BCUT2D eigenvalue weighted by Gasteiger charge is -2.48. The Kier molecular flexibility index (Phi) is 10.6. The van der Waals surface area contributed by atoms with Crippen LogP contribution in [0.5, 0.6) is 0 Å². The Balaban J connectivity index is 0. The SMILES string of the molecule is C.CCCCC(CCC)(NC(C)=O)C(C)(CC)C(=O)CC. The summed E-state index contributed by atoms with van der Waals surface area (Å²) in [6, 6.07) is 0. The number of rotatable bonds is 10. The molecule has 0 aliphatic rings. The molecule has 0 aromatic rings. The first kappa shape index (κ1) is 22.4. The Morgan fingerprint density at radius 3 is 1.90 bits per heavy atom. The molecule has 0 radical (unpaired) electrons. The summed E-state index contributed by atoms with van der Waals surface area (Å²) < 4.78 is 0. The highest BCUT2D eigenvalue weighted by Crippen LogP contribution is 2.43. The maximum absolute atomic E-state index is 12.6. The van der Waals surface area contributed by atoms with E-state index in [1.54, 1.807) is 6.92 Å². The van der Waals surface area contributed by atoms with Crippen molar-refractivity contribution in [3.8, 4) is 0 Å². The molecule has 3 heteroatoms. The minimum Gasteiger partial charge on any atom is -0.350 e. The second-order valence-electron chi connectivity index (χ2n) is 6.08. The fourth-order valence-electron chi connectivity index (χ4n) is 3.37. The fraction of sp³-hybridized carbons (Fsp3) is 0.889. The van der Waals surface area contributed by atoms with Gasteiger partial charge in [-0.3, -0.25) is 9.59 Å². The van der Waals surface area contributed by atoms with E-state index < -0.39 is 11.0 Å². The monoisotopic (exact) mass is 299 g/mol. The molecule has 2 atom stereocenters. The Labute approximate surface area is 132 Å². The highest BCUT2D eigenvalue weighted by Gasteiger charge is 2.50. The van der Waals surface area contributed by atoms with Crippen LogP contribution in [-0.4, -0.2) is 17.2 Å². The molecule has 1 amide bonds. The number of hydrogen-bond donors (Lipinski definition) is 1. The summed E-state index contributed by atoms with van der Waals surface area (Å²) in [7, 11) is 0. The van der Waals surface area contributed by atoms with Crippen molar-refractivity contribution in [3.05, 3.63) is 0 Å². The van der Waals surface area contributed by atoms with Gasteiger partial charge < -0.3 is 5.32 Å². The molecule has 1 N–H and O–H groups in total. The van der Waals surface area contributed by atoms with Gasteiger partial charge in [0, 0.05) is 18.8 Å². The second kappa shape index (κ2) is 9.97. The van der Waals surface area contributed by atoms with Crippen molar-refractivity contribution >= 4 is 11.7 Å². The Hall–Kier alpha value is -0.860. The molecule has 0 fully saturated rings. The molecule has 0 saturated heterocycles. The van der Waals surface area contributed by atoms with Crippen molar-refractivity contribution in [2.24, 2.45) is 5.41 Å². The van der Waals surface area contributed by atoms with Crippen LogP contribution < -0.4 is 5.32 Å². The molecule has 0 rings (SSSR count). The van der Waals surface area contributed by atoms with Gasteiger partial charge in [0.25, 0.3) is 0 Å². The van der Waals surface area contributed by atoms with Gasteiger partial charge in [0.15, 0.2) is 0 Å². The lowest BCUT2D eigenvalue weighted by molar-refractivity contribution is -0.136. The number of amides is 1. The lowest BCUT2D eigenvalue weighted by atomic mass is 9.61. The Morgan fingerprint density at radius 2 is 1.57 bits per heavy atom. The first-order valence-corrected chi connectivity index (χ1v) is 8.15. The van der Waals surface area contributed by atoms with E-state index in [2.05, 4.69) is 26.1 Å². The molecule has 0 aliphatic carbocycles. The lowest BCUT2D eigenvalue weighted by Crippen LogP contribution is -2.61. The number of carbonyl (C=O) groups is 2. The average Bonchev–Trinajstić information content (AvgIpc) is 2.42. The molecular formula is C18H37NO2. The van der Waals surface area contributed by atoms with Crippen LogP contribution in [-0.2, 0) is 9.59 Å². The molecule has 0 aromatic heterocycles. The first-order chi connectivity index (χ1) is 9.33. The summed E-state index contributed by atoms with van der Waals surface area (Å²) in [5, 5.41) is 3.18. The van der Waals surface area contributed by atoms with E-state index in [4.69, 9.17) is 0 Å². The van der Waals surface area contributed by atoms with Crippen molar-refractivity contribution in [3.63, 3.8) is 0 Å². The summed E-state index contributed by atoms with van der Waals surface area (Å²) in [5.41, 5.74) is -0.871. The van der Waals surface area contributed by atoms with Gasteiger partial charge in [-0.15, -0.1) is 0 Å². The van der Waals surface area contributed by atoms with E-state index in [1.807, 2.05) is 13.8 Å². The van der Waals surface area contributed by atoms with Crippen LogP contribution in [0.2, 0.25) is 0 Å². The first-order valence-electron chi connectivity index (χ1n) is 8.15. The summed E-state index contributed by atoms with van der Waals surface area (Å²) in [4.78, 5) is 24.3. The van der Waals surface area contributed by atoms with Crippen LogP contribution in [0, 0.1) is 5.41 Å². The van der Waals surface area contributed by atoms with Gasteiger partial charge in [0.05, 0.1) is 5.54 Å². The summed E-state index contributed by atoms with van der Waals surface area (Å²) >= 11 is 0. The largest absolute Gasteiger partial charge is 0.350 e. The van der Waals surface area contributed by atoms with E-state index in [0.717, 1.165) is 38.5 Å². The van der Waals surface area contributed by atoms with Crippen LogP contribution in [0.4, 0.5) is 0 Å². The van der Waals surface area contributed by atoms with Crippen LogP contribution in [0.1, 0.15) is 93.9 Å². The minimum atomic E-state index is -0.474. The van der Waals surface area contributed by atoms with Crippen LogP contribution >= 0.6 is 0 Å². The van der Waals surface area contributed by atoms with E-state index in [0.29, 0.717) is 6.42 Å². The molecular weight excluding hydrogens is 262 g/mol. The quantitative estimate of drug-likeness (QED) is 0.624. The van der Waals surface area contributed by atoms with Crippen LogP contribution in [0.15, 0.2) is 0 Å². The average molecular weight is 299 g/mol. The van der Waals surface area contributed by atoms with Crippen molar-refractivity contribution < 1.29 is 9.59 Å². The normalized spacial score (nSPS) is 16.3. The van der Waals surface area contributed by atoms with Crippen molar-refractivity contribution in [1.82, 2.24) is 5.32 Å². The number of carbonyl (C=O) groups excluding carboxylic acids is 2. The predicted octanol–water partition coefficient (Wildman–Crippen LogP) is 4.88. The topological polar surface area (TPSA) is 46.2 Å². The molecule has 0 aliphatic heterocycles. The zero-order valence-corrected chi connectivity index (χ0v) is 14.3. The third-order valence-electron chi connectivity index (χ3n) is 4.75. The van der Waals surface area contributed by atoms with E-state index in [1.165, 1.54) is 0 Å². The van der Waals surface area contributed by atoms with Gasteiger partial charge in [-0.25, -0.2) is 0 Å². The van der Waals surface area contributed by atoms with Crippen LogP contribution in [0.25, 0.3) is 0 Å². The van der Waals surface area contributed by atoms with Gasteiger partial charge >= 0.3 is 0 Å². The maximum atomic E-state index is 12.6. The van der Waals surface area contributed by atoms with Gasteiger partial charge in [-0.05, 0) is 19.3 Å². The zero-order valence-electron chi connectivity index (χ0n) is 14.3. The predicted molar refractivity (Wildman–Crippen MR) is 91.4 cm³/mol. The fourth-order valence-corrected chi connectivity index (χ4v) is 3.37. The standard InChI is InChI=1S/C17H33NO2.CH4/c1-7-11-13-17(12-8-2,18-14(5)19)16(6,10-4)15(20)9-3;/h7-13H2,1-6H3,(H,18,19);1H4. The van der Waals surface area contributed by atoms with Crippen molar-refractivity contribution in [2.45, 2.75) is 99.5 Å². The molecule has 0 spiro atoms. The Bertz CT molecular complexity index is 327. The molecule has 126 valence electrons. The number of hydrogen-bond acceptors (Lipinski definition) is 2. The van der Waals surface area contributed by atoms with E-state index >= 15 is 0 Å². The second-order valence-corrected chi connectivity index (χ2v) is 6.08. The summed E-state index contributed by atoms with van der Waals surface area (Å²) in [5.74, 6) is 0.233. The van der Waals surface area contributed by atoms with E-state index in [9.17, 15) is 9.59 Å². The molecule has 2 unspecified atom stereocenters. The maximum Gasteiger partial charge on any atom is 0.217 e. The molecule has 21 heavy (non-hydrogen) atoms. The number of unbranched alkanes of at least 4 members (excludes halogenated alkanes) is 1. The van der Waals surface area contributed by atoms with E-state index in [-0.39, 0.29) is 19.1 Å². The number of Topliss-reactive ketones (excluding diaryl/α,β-unsaturated/α-hetero) is 1. The van der Waals surface area contributed by atoms with Crippen molar-refractivity contribution in [2.75, 3.05) is 0 Å². The molecule has 3 nitrogen and oxygen atoms in total. The number of nitrogens with one attached hydrogen (secondary N) is 1.